The van der Waals surface area contributed by atoms with Gasteiger partial charge in [-0.25, -0.2) is 9.97 Å². The van der Waals surface area contributed by atoms with Crippen molar-refractivity contribution in [1.29, 1.82) is 0 Å². The molecule has 2 aliphatic rings. The van der Waals surface area contributed by atoms with Gasteiger partial charge in [0, 0.05) is 24.3 Å². The predicted molar refractivity (Wildman–Crippen MR) is 111 cm³/mol. The Morgan fingerprint density at radius 3 is 2.48 bits per heavy atom. The molecule has 6 heteroatoms. The van der Waals surface area contributed by atoms with E-state index in [2.05, 4.69) is 15.3 Å². The van der Waals surface area contributed by atoms with Crippen LogP contribution in [0, 0.1) is 12.8 Å². The molecule has 4 rings (SSSR count). The molecule has 2 amide bonds. The van der Waals surface area contributed by atoms with Gasteiger partial charge in [0.1, 0.15) is 0 Å². The molecular weight excluding hydrogens is 364 g/mol. The Hall–Kier alpha value is -2.76. The van der Waals surface area contributed by atoms with Crippen molar-refractivity contribution in [3.05, 3.63) is 53.6 Å². The lowest BCUT2D eigenvalue weighted by Gasteiger charge is -2.36. The van der Waals surface area contributed by atoms with Crippen LogP contribution in [0.25, 0.3) is 0 Å². The van der Waals surface area contributed by atoms with Crippen LogP contribution in [-0.2, 0) is 4.79 Å². The molecule has 0 spiro atoms. The molecule has 152 valence electrons. The Morgan fingerprint density at radius 1 is 1.03 bits per heavy atom. The number of amides is 2. The summed E-state index contributed by atoms with van der Waals surface area (Å²) in [6.45, 7) is 2.61. The Labute approximate surface area is 171 Å². The van der Waals surface area contributed by atoms with Gasteiger partial charge in [0.15, 0.2) is 5.82 Å². The second kappa shape index (κ2) is 8.72. The molecular formula is C23H28N4O2. The number of nitrogens with one attached hydrogen (secondary N) is 1. The highest BCUT2D eigenvalue weighted by Gasteiger charge is 2.35. The standard InChI is InChI=1S/C23H28N4O2/c1-16-19(22(28)26-18-11-3-2-4-12-18)15-24-21(25-16)20-13-7-8-14-27(20)23(29)17-9-5-6-10-17/h2-4,11-12,15,17,20H,5-10,13-14H2,1H3,(H,26,28)/t20-/m1/s1. The molecule has 1 aromatic carbocycles. The van der Waals surface area contributed by atoms with Gasteiger partial charge in [0.2, 0.25) is 5.91 Å². The summed E-state index contributed by atoms with van der Waals surface area (Å²) in [6, 6.07) is 9.26. The maximum Gasteiger partial charge on any atom is 0.259 e. The van der Waals surface area contributed by atoms with Crippen molar-refractivity contribution in [3.8, 4) is 0 Å². The summed E-state index contributed by atoms with van der Waals surface area (Å²) in [7, 11) is 0. The van der Waals surface area contributed by atoms with Crippen LogP contribution in [-0.4, -0.2) is 33.2 Å². The summed E-state index contributed by atoms with van der Waals surface area (Å²) in [5.74, 6) is 0.861. The molecule has 0 radical (unpaired) electrons. The first-order valence-corrected chi connectivity index (χ1v) is 10.6. The van der Waals surface area contributed by atoms with Gasteiger partial charge >= 0.3 is 0 Å². The van der Waals surface area contributed by atoms with Crippen molar-refractivity contribution in [1.82, 2.24) is 14.9 Å². The van der Waals surface area contributed by atoms with Crippen molar-refractivity contribution in [2.24, 2.45) is 5.92 Å². The zero-order valence-electron chi connectivity index (χ0n) is 16.9. The number of carbonyl (C=O) groups is 2. The van der Waals surface area contributed by atoms with E-state index in [9.17, 15) is 9.59 Å². The first-order chi connectivity index (χ1) is 14.1. The van der Waals surface area contributed by atoms with Crippen LogP contribution in [0.15, 0.2) is 36.5 Å². The van der Waals surface area contributed by atoms with Gasteiger partial charge in [-0.15, -0.1) is 0 Å². The number of hydrogen-bond acceptors (Lipinski definition) is 4. The van der Waals surface area contributed by atoms with E-state index in [1.54, 1.807) is 6.20 Å². The van der Waals surface area contributed by atoms with Gasteiger partial charge < -0.3 is 10.2 Å². The smallest absolute Gasteiger partial charge is 0.259 e. The number of nitrogens with zero attached hydrogens (tertiary/aromatic N) is 3. The van der Waals surface area contributed by atoms with Gasteiger partial charge in [-0.1, -0.05) is 31.0 Å². The number of aromatic nitrogens is 2. The first-order valence-electron chi connectivity index (χ1n) is 10.6. The first kappa shape index (κ1) is 19.6. The molecule has 2 fully saturated rings. The topological polar surface area (TPSA) is 75.2 Å². The molecule has 1 atom stereocenters. The lowest BCUT2D eigenvalue weighted by atomic mass is 9.97. The molecule has 1 saturated heterocycles. The normalized spacial score (nSPS) is 19.9. The number of piperidine rings is 1. The molecule has 1 aliphatic heterocycles. The average molecular weight is 393 g/mol. The Balaban J connectivity index is 1.52. The fraction of sp³-hybridized carbons (Fsp3) is 0.478. The van der Waals surface area contributed by atoms with Crippen LogP contribution in [0.3, 0.4) is 0 Å². The van der Waals surface area contributed by atoms with Crippen LogP contribution in [0.5, 0.6) is 0 Å². The summed E-state index contributed by atoms with van der Waals surface area (Å²) >= 11 is 0. The zero-order valence-corrected chi connectivity index (χ0v) is 16.9. The summed E-state index contributed by atoms with van der Waals surface area (Å²) < 4.78 is 0. The molecule has 1 N–H and O–H groups in total. The Kier molecular flexibility index (Phi) is 5.88. The van der Waals surface area contributed by atoms with Crippen molar-refractivity contribution >= 4 is 17.5 Å². The number of hydrogen-bond donors (Lipinski definition) is 1. The molecule has 2 aromatic rings. The summed E-state index contributed by atoms with van der Waals surface area (Å²) in [6.07, 6.45) is 8.88. The maximum atomic E-state index is 13.1. The van der Waals surface area contributed by atoms with E-state index in [0.717, 1.165) is 57.2 Å². The van der Waals surface area contributed by atoms with E-state index in [0.29, 0.717) is 17.1 Å². The van der Waals surface area contributed by atoms with Crippen LogP contribution >= 0.6 is 0 Å². The number of benzene rings is 1. The largest absolute Gasteiger partial charge is 0.332 e. The van der Waals surface area contributed by atoms with E-state index in [4.69, 9.17) is 0 Å². The highest BCUT2D eigenvalue weighted by molar-refractivity contribution is 6.04. The lowest BCUT2D eigenvalue weighted by Crippen LogP contribution is -2.42. The van der Waals surface area contributed by atoms with Gasteiger partial charge in [0.05, 0.1) is 17.3 Å². The number of anilines is 1. The molecule has 1 aliphatic carbocycles. The summed E-state index contributed by atoms with van der Waals surface area (Å²) in [5.41, 5.74) is 1.84. The van der Waals surface area contributed by atoms with Crippen molar-refractivity contribution in [2.45, 2.75) is 57.9 Å². The van der Waals surface area contributed by atoms with E-state index in [1.165, 1.54) is 0 Å². The number of likely N-dealkylation sites (tertiary alicyclic amines) is 1. The van der Waals surface area contributed by atoms with Gasteiger partial charge in [0.25, 0.3) is 5.91 Å². The van der Waals surface area contributed by atoms with E-state index < -0.39 is 0 Å². The third-order valence-corrected chi connectivity index (χ3v) is 6.06. The quantitative estimate of drug-likeness (QED) is 0.843. The SMILES string of the molecule is Cc1nc([C@H]2CCCCN2C(=O)C2CCCC2)ncc1C(=O)Nc1ccccc1. The summed E-state index contributed by atoms with van der Waals surface area (Å²) in [4.78, 5) is 36.8. The number of aryl methyl sites for hydroxylation is 1. The Bertz CT molecular complexity index is 878. The minimum atomic E-state index is -0.220. The fourth-order valence-corrected chi connectivity index (χ4v) is 4.46. The van der Waals surface area contributed by atoms with E-state index in [-0.39, 0.29) is 23.8 Å². The maximum absolute atomic E-state index is 13.1. The van der Waals surface area contributed by atoms with Crippen LogP contribution in [0.1, 0.15) is 72.9 Å². The van der Waals surface area contributed by atoms with Crippen molar-refractivity contribution in [2.75, 3.05) is 11.9 Å². The van der Waals surface area contributed by atoms with Crippen LogP contribution in [0.4, 0.5) is 5.69 Å². The van der Waals surface area contributed by atoms with E-state index in [1.807, 2.05) is 42.2 Å². The number of rotatable bonds is 4. The predicted octanol–water partition coefficient (Wildman–Crippen LogP) is 4.28. The number of para-hydroxylation sites is 1. The fourth-order valence-electron chi connectivity index (χ4n) is 4.46. The second-order valence-electron chi connectivity index (χ2n) is 8.07. The second-order valence-corrected chi connectivity index (χ2v) is 8.07. The number of carbonyl (C=O) groups excluding carboxylic acids is 2. The Morgan fingerprint density at radius 2 is 1.76 bits per heavy atom. The minimum Gasteiger partial charge on any atom is -0.332 e. The van der Waals surface area contributed by atoms with Gasteiger partial charge in [-0.05, 0) is 51.2 Å². The van der Waals surface area contributed by atoms with Gasteiger partial charge in [-0.3, -0.25) is 9.59 Å². The highest BCUT2D eigenvalue weighted by atomic mass is 16.2. The van der Waals surface area contributed by atoms with Crippen molar-refractivity contribution in [3.63, 3.8) is 0 Å². The van der Waals surface area contributed by atoms with Crippen LogP contribution in [0.2, 0.25) is 0 Å². The average Bonchev–Trinajstić information content (AvgIpc) is 3.29. The monoisotopic (exact) mass is 392 g/mol. The molecule has 6 nitrogen and oxygen atoms in total. The molecule has 2 heterocycles. The minimum absolute atomic E-state index is 0.0817. The summed E-state index contributed by atoms with van der Waals surface area (Å²) in [5, 5.41) is 2.88. The third kappa shape index (κ3) is 4.31. The molecule has 1 saturated carbocycles. The highest BCUT2D eigenvalue weighted by Crippen LogP contribution is 2.34. The zero-order chi connectivity index (χ0) is 20.2. The van der Waals surface area contributed by atoms with Crippen molar-refractivity contribution < 1.29 is 9.59 Å². The molecule has 0 bridgehead atoms. The van der Waals surface area contributed by atoms with E-state index >= 15 is 0 Å². The third-order valence-electron chi connectivity index (χ3n) is 6.06. The molecule has 0 unspecified atom stereocenters. The van der Waals surface area contributed by atoms with Gasteiger partial charge in [-0.2, -0.15) is 0 Å². The lowest BCUT2D eigenvalue weighted by molar-refractivity contribution is -0.139. The van der Waals surface area contributed by atoms with Crippen LogP contribution < -0.4 is 5.32 Å². The molecule has 1 aromatic heterocycles. The molecule has 29 heavy (non-hydrogen) atoms.